The summed E-state index contributed by atoms with van der Waals surface area (Å²) in [5.74, 6) is 0. The normalized spacial score (nSPS) is 5.40. The summed E-state index contributed by atoms with van der Waals surface area (Å²) in [6.07, 6.45) is 0. The largest absolute Gasteiger partial charge is 3.00 e. The van der Waals surface area contributed by atoms with Gasteiger partial charge in [-0.25, -0.2) is 0 Å². The number of hydrogen-bond donors (Lipinski definition) is 0. The summed E-state index contributed by atoms with van der Waals surface area (Å²) < 4.78 is 0. The van der Waals surface area contributed by atoms with Crippen LogP contribution in [0.15, 0.2) is 0 Å². The molecule has 0 aromatic carbocycles. The molecule has 48 valence electrons. The minimum absolute atomic E-state index is 0. The van der Waals surface area contributed by atoms with Gasteiger partial charge in [-0.15, -0.1) is 0 Å². The van der Waals surface area contributed by atoms with Gasteiger partial charge in [-0.3, -0.25) is 14.6 Å². The van der Waals surface area contributed by atoms with E-state index in [0.29, 0.717) is 0 Å². The van der Waals surface area contributed by atoms with Crippen LogP contribution in [0.25, 0.3) is 0 Å². The van der Waals surface area contributed by atoms with Gasteiger partial charge in [-0.2, -0.15) is 0 Å². The molecule has 0 N–H and O–H groups in total. The molecule has 0 saturated carbocycles. The smallest absolute Gasteiger partial charge is 0.907 e. The van der Waals surface area contributed by atoms with E-state index in [4.69, 9.17) is 30.1 Å². The zero-order chi connectivity index (χ0) is 7.15. The predicted molar refractivity (Wildman–Crippen MR) is 17.3 cm³/mol. The average Bonchev–Trinajstić information content (AvgIpc) is 1.25. The summed E-state index contributed by atoms with van der Waals surface area (Å²) >= 11 is 0. The summed E-state index contributed by atoms with van der Waals surface area (Å²) in [6, 6.07) is 0. The third-order valence-electron chi connectivity index (χ3n) is 0. The monoisotopic (exact) mass is 322 g/mol. The maximum atomic E-state index is 8.42. The van der Waals surface area contributed by atoms with Gasteiger partial charge in [-0.05, 0) is 0 Å². The number of hydrogen-bond acceptors (Lipinski definition) is 6. The first-order valence-corrected chi connectivity index (χ1v) is 1.41. The fourth-order valence-corrected chi connectivity index (χ4v) is 0. The Labute approximate surface area is 102 Å². The van der Waals surface area contributed by atoms with Crippen molar-refractivity contribution in [2.45, 2.75) is 0 Å². The van der Waals surface area contributed by atoms with Crippen LogP contribution in [0.3, 0.4) is 0 Å². The van der Waals surface area contributed by atoms with Gasteiger partial charge in [0, 0.05) is 0 Å². The molecule has 0 atom stereocenters. The zero-order valence-electron chi connectivity index (χ0n) is 4.76. The van der Waals surface area contributed by atoms with E-state index in [-0.39, 0.29) is 58.6 Å². The van der Waals surface area contributed by atoms with E-state index in [9.17, 15) is 0 Å². The molecule has 0 bridgehead atoms. The molecule has 0 rings (SSSR count). The summed E-state index contributed by atoms with van der Waals surface area (Å²) in [6.45, 7) is 0. The second kappa shape index (κ2) is 17.1. The molecule has 0 unspecified atom stereocenters. The van der Waals surface area contributed by atoms with E-state index >= 15 is 0 Å². The van der Waals surface area contributed by atoms with Crippen LogP contribution in [0.4, 0.5) is 0 Å². The third-order valence-corrected chi connectivity index (χ3v) is 0. The molecule has 0 saturated heterocycles. The second-order valence-corrected chi connectivity index (χ2v) is 0.577. The van der Waals surface area contributed by atoms with Gasteiger partial charge < -0.3 is 30.1 Å². The van der Waals surface area contributed by atoms with Gasteiger partial charge in [0.25, 0.3) is 0 Å². The van der Waals surface area contributed by atoms with Crippen molar-refractivity contribution >= 4 is 40.5 Å². The molecular weight excluding hydrogens is 321 g/mol. The SMILES string of the molecule is [In+3].[O-]B([O-])[O-].[O-]B([O-])[O-].[Y+3]. The van der Waals surface area contributed by atoms with Crippen molar-refractivity contribution in [3.05, 3.63) is 0 Å². The quantitative estimate of drug-likeness (QED) is 0.406. The third kappa shape index (κ3) is 223. The Bertz CT molecular complexity index is 31.2. The van der Waals surface area contributed by atoms with Crippen molar-refractivity contribution < 1.29 is 62.9 Å². The fraction of sp³-hybridized carbons (Fsp3) is 0. The molecule has 10 heteroatoms. The Balaban J connectivity index is -0.0000000300. The summed E-state index contributed by atoms with van der Waals surface area (Å²) in [4.78, 5) is 0. The maximum absolute atomic E-state index is 8.42. The summed E-state index contributed by atoms with van der Waals surface area (Å²) in [5.41, 5.74) is 0. The summed E-state index contributed by atoms with van der Waals surface area (Å²) in [5, 5.41) is 50.5. The molecule has 0 heterocycles. The maximum Gasteiger partial charge on any atom is 3.00 e. The van der Waals surface area contributed by atoms with Crippen LogP contribution in [-0.2, 0) is 32.7 Å². The van der Waals surface area contributed by atoms with Crippen LogP contribution < -0.4 is 30.1 Å². The van der Waals surface area contributed by atoms with Crippen molar-refractivity contribution in [2.24, 2.45) is 0 Å². The first-order chi connectivity index (χ1) is 3.46. The summed E-state index contributed by atoms with van der Waals surface area (Å²) in [7, 11) is -5.83. The molecule has 0 aliphatic carbocycles. The molecule has 0 aromatic rings. The Morgan fingerprint density at radius 2 is 0.600 bits per heavy atom. The van der Waals surface area contributed by atoms with Crippen molar-refractivity contribution in [2.75, 3.05) is 0 Å². The van der Waals surface area contributed by atoms with Crippen molar-refractivity contribution in [1.82, 2.24) is 0 Å². The molecule has 0 spiro atoms. The molecule has 10 heavy (non-hydrogen) atoms. The van der Waals surface area contributed by atoms with E-state index < -0.39 is 14.6 Å². The molecule has 0 aliphatic heterocycles. The Hall–Kier alpha value is 1.86. The molecular formula is B2InO6Y. The van der Waals surface area contributed by atoms with Crippen LogP contribution in [0.5, 0.6) is 0 Å². The van der Waals surface area contributed by atoms with Crippen molar-refractivity contribution in [3.63, 3.8) is 0 Å². The molecule has 0 aliphatic rings. The Kier molecular flexibility index (Phi) is 38.7. The van der Waals surface area contributed by atoms with Gasteiger partial charge in [-0.1, -0.05) is 0 Å². The van der Waals surface area contributed by atoms with Crippen LogP contribution in [0, 0.1) is 0 Å². The molecule has 0 amide bonds. The van der Waals surface area contributed by atoms with Crippen LogP contribution >= 0.6 is 0 Å². The second-order valence-electron chi connectivity index (χ2n) is 0.577. The van der Waals surface area contributed by atoms with Crippen molar-refractivity contribution in [1.29, 1.82) is 0 Å². The molecule has 0 fully saturated rings. The first-order valence-electron chi connectivity index (χ1n) is 1.41. The molecule has 0 radical (unpaired) electrons. The van der Waals surface area contributed by atoms with E-state index in [1.807, 2.05) is 0 Å². The fourth-order valence-electron chi connectivity index (χ4n) is 0. The van der Waals surface area contributed by atoms with Gasteiger partial charge in [0.1, 0.15) is 0 Å². The van der Waals surface area contributed by atoms with E-state index in [1.165, 1.54) is 0 Å². The van der Waals surface area contributed by atoms with Gasteiger partial charge >= 0.3 is 58.6 Å². The van der Waals surface area contributed by atoms with Crippen LogP contribution in [0.2, 0.25) is 0 Å². The Morgan fingerprint density at radius 1 is 0.600 bits per heavy atom. The van der Waals surface area contributed by atoms with Gasteiger partial charge in [0.15, 0.2) is 0 Å². The standard InChI is InChI=1S/2BO3.In.Y/c2*2-1(3)4;;/q2*-3;2*+3. The minimum Gasteiger partial charge on any atom is -0.907 e. The Morgan fingerprint density at radius 3 is 0.600 bits per heavy atom. The topological polar surface area (TPSA) is 138 Å². The van der Waals surface area contributed by atoms with E-state index in [1.54, 1.807) is 0 Å². The first kappa shape index (κ1) is 22.6. The predicted octanol–water partition coefficient (Wildman–Crippen LogP) is -8.28. The van der Waals surface area contributed by atoms with Gasteiger partial charge in [0.05, 0.1) is 0 Å². The van der Waals surface area contributed by atoms with Crippen LogP contribution in [0.1, 0.15) is 0 Å². The zero-order valence-corrected chi connectivity index (χ0v) is 10.9. The van der Waals surface area contributed by atoms with E-state index in [2.05, 4.69) is 0 Å². The number of rotatable bonds is 0. The molecule has 6 nitrogen and oxygen atoms in total. The van der Waals surface area contributed by atoms with E-state index in [0.717, 1.165) is 0 Å². The molecule has 0 aromatic heterocycles. The average molecular weight is 321 g/mol. The minimum atomic E-state index is -2.92. The van der Waals surface area contributed by atoms with Crippen LogP contribution in [-0.4, -0.2) is 40.5 Å². The van der Waals surface area contributed by atoms with Gasteiger partial charge in [0.2, 0.25) is 0 Å². The van der Waals surface area contributed by atoms with Crippen molar-refractivity contribution in [3.8, 4) is 0 Å².